The molecule has 206 valence electrons. The molecular formula is C26H33FN4O6S. The molecule has 1 aromatic heterocycles. The maximum Gasteiger partial charge on any atom is 0.264 e. The molecule has 0 aliphatic carbocycles. The molecule has 0 aliphatic heterocycles. The third kappa shape index (κ3) is 6.09. The van der Waals surface area contributed by atoms with E-state index in [1.807, 2.05) is 18.0 Å². The number of nitrogens with one attached hydrogen (secondary N) is 1. The van der Waals surface area contributed by atoms with Crippen molar-refractivity contribution in [2.45, 2.75) is 37.6 Å². The summed E-state index contributed by atoms with van der Waals surface area (Å²) in [4.78, 5) is 31.7. The van der Waals surface area contributed by atoms with Gasteiger partial charge in [-0.2, -0.15) is 0 Å². The van der Waals surface area contributed by atoms with Gasteiger partial charge in [0, 0.05) is 38.6 Å². The van der Waals surface area contributed by atoms with Crippen LogP contribution in [0, 0.1) is 5.82 Å². The number of hydrogen-bond donors (Lipinski definition) is 2. The lowest BCUT2D eigenvalue weighted by Crippen LogP contribution is -2.51. The van der Waals surface area contributed by atoms with E-state index in [2.05, 4.69) is 4.98 Å². The molecule has 0 bridgehead atoms. The van der Waals surface area contributed by atoms with Crippen LogP contribution in [0.2, 0.25) is 0 Å². The van der Waals surface area contributed by atoms with E-state index in [9.17, 15) is 22.4 Å². The van der Waals surface area contributed by atoms with Gasteiger partial charge in [0.15, 0.2) is 14.6 Å². The van der Waals surface area contributed by atoms with E-state index in [0.29, 0.717) is 29.8 Å². The van der Waals surface area contributed by atoms with Crippen LogP contribution in [0.25, 0.3) is 22.0 Å². The number of rotatable bonds is 12. The largest absolute Gasteiger partial charge is 0.383 e. The van der Waals surface area contributed by atoms with Crippen LogP contribution >= 0.6 is 0 Å². The number of aryl methyl sites for hydroxylation is 1. The van der Waals surface area contributed by atoms with Crippen LogP contribution in [0.5, 0.6) is 0 Å². The molecule has 0 radical (unpaired) electrons. The zero-order valence-electron chi connectivity index (χ0n) is 21.9. The Morgan fingerprint density at radius 1 is 1.26 bits per heavy atom. The predicted octanol–water partition coefficient (Wildman–Crippen LogP) is 2.37. The normalized spacial score (nSPS) is 13.6. The van der Waals surface area contributed by atoms with E-state index in [-0.39, 0.29) is 24.8 Å². The maximum absolute atomic E-state index is 15.0. The molecule has 38 heavy (non-hydrogen) atoms. The number of nitrogens with zero attached hydrogens (tertiary/aromatic N) is 3. The first-order chi connectivity index (χ1) is 18.0. The van der Waals surface area contributed by atoms with Crippen LogP contribution in [0.15, 0.2) is 47.5 Å². The van der Waals surface area contributed by atoms with E-state index in [1.165, 1.54) is 29.4 Å². The molecule has 2 aromatic carbocycles. The summed E-state index contributed by atoms with van der Waals surface area (Å²) in [6, 6.07) is 9.83. The summed E-state index contributed by atoms with van der Waals surface area (Å²) in [5.74, 6) is -1.45. The number of amides is 1. The van der Waals surface area contributed by atoms with E-state index in [4.69, 9.17) is 9.94 Å². The second-order valence-corrected chi connectivity index (χ2v) is 11.7. The quantitative estimate of drug-likeness (QED) is 0.261. The highest BCUT2D eigenvalue weighted by atomic mass is 32.2. The fourth-order valence-corrected chi connectivity index (χ4v) is 5.85. The third-order valence-corrected chi connectivity index (χ3v) is 8.95. The summed E-state index contributed by atoms with van der Waals surface area (Å²) in [6.07, 6.45) is 1.85. The summed E-state index contributed by atoms with van der Waals surface area (Å²) in [5, 5.41) is 9.37. The van der Waals surface area contributed by atoms with Crippen molar-refractivity contribution in [1.29, 1.82) is 0 Å². The van der Waals surface area contributed by atoms with E-state index in [1.54, 1.807) is 31.4 Å². The molecule has 3 aromatic rings. The van der Waals surface area contributed by atoms with Crippen molar-refractivity contribution in [1.82, 2.24) is 19.9 Å². The monoisotopic (exact) mass is 548 g/mol. The van der Waals surface area contributed by atoms with Crippen molar-refractivity contribution in [2.24, 2.45) is 0 Å². The molecule has 1 heterocycles. The van der Waals surface area contributed by atoms with Crippen molar-refractivity contribution in [3.05, 3.63) is 64.5 Å². The fourth-order valence-electron chi connectivity index (χ4n) is 4.48. The van der Waals surface area contributed by atoms with Crippen LogP contribution in [0.3, 0.4) is 0 Å². The Hall–Kier alpha value is -3.19. The SMILES string of the molecule is CCC(CCn1cnc2cc(-c3ccc(CN(C)CCOC)cc3F)ccc2c1=O)(C(=O)NO)S(C)(=O)=O. The Bertz CT molecular complexity index is 1480. The topological polar surface area (TPSA) is 131 Å². The van der Waals surface area contributed by atoms with Crippen LogP contribution < -0.4 is 11.0 Å². The smallest absolute Gasteiger partial charge is 0.264 e. The zero-order valence-corrected chi connectivity index (χ0v) is 22.7. The van der Waals surface area contributed by atoms with Gasteiger partial charge < -0.3 is 4.74 Å². The van der Waals surface area contributed by atoms with Crippen LogP contribution in [0.1, 0.15) is 25.3 Å². The number of sulfone groups is 1. The van der Waals surface area contributed by atoms with Crippen molar-refractivity contribution >= 4 is 26.6 Å². The van der Waals surface area contributed by atoms with Crippen LogP contribution in [-0.2, 0) is 32.5 Å². The van der Waals surface area contributed by atoms with Gasteiger partial charge in [-0.05, 0) is 49.2 Å². The number of ether oxygens (including phenoxy) is 1. The number of halogens is 1. The molecule has 0 aliphatic rings. The number of hydroxylamine groups is 1. The van der Waals surface area contributed by atoms with Gasteiger partial charge in [0.2, 0.25) is 0 Å². The highest BCUT2D eigenvalue weighted by molar-refractivity contribution is 7.92. The standard InChI is InChI=1S/C26H33FN4O6S/c1-5-26(25(33)29-34,38(4,35)36)10-11-31-17-28-23-15-19(7-9-21(23)24(31)32)20-8-6-18(14-22(20)27)16-30(2)12-13-37-3/h6-9,14-15,17,34H,5,10-13,16H2,1-4H3,(H,29,33). The number of carbonyl (C=O) groups excluding carboxylic acids is 1. The van der Waals surface area contributed by atoms with E-state index in [0.717, 1.165) is 18.4 Å². The second kappa shape index (κ2) is 12.1. The molecule has 1 atom stereocenters. The van der Waals surface area contributed by atoms with Crippen molar-refractivity contribution < 1.29 is 27.5 Å². The number of aromatic nitrogens is 2. The van der Waals surface area contributed by atoms with E-state index < -0.39 is 31.9 Å². The highest BCUT2D eigenvalue weighted by Crippen LogP contribution is 2.28. The molecule has 1 amide bonds. The second-order valence-electron chi connectivity index (χ2n) is 9.33. The minimum atomic E-state index is -3.92. The molecule has 2 N–H and O–H groups in total. The molecule has 0 saturated carbocycles. The Morgan fingerprint density at radius 2 is 2.00 bits per heavy atom. The number of benzene rings is 2. The summed E-state index contributed by atoms with van der Waals surface area (Å²) in [7, 11) is -0.362. The number of fused-ring (bicyclic) bond motifs is 1. The molecule has 1 unspecified atom stereocenters. The third-order valence-electron chi connectivity index (χ3n) is 6.85. The zero-order chi connectivity index (χ0) is 28.1. The van der Waals surface area contributed by atoms with Crippen LogP contribution in [0.4, 0.5) is 4.39 Å². The summed E-state index contributed by atoms with van der Waals surface area (Å²) >= 11 is 0. The summed E-state index contributed by atoms with van der Waals surface area (Å²) in [5.41, 5.74) is 3.10. The van der Waals surface area contributed by atoms with Gasteiger partial charge >= 0.3 is 0 Å². The van der Waals surface area contributed by atoms with Gasteiger partial charge in [-0.15, -0.1) is 0 Å². The van der Waals surface area contributed by atoms with Gasteiger partial charge in [-0.3, -0.25) is 24.3 Å². The lowest BCUT2D eigenvalue weighted by molar-refractivity contribution is -0.132. The van der Waals surface area contributed by atoms with E-state index >= 15 is 0 Å². The first-order valence-corrected chi connectivity index (χ1v) is 14.0. The molecule has 3 rings (SSSR count). The minimum Gasteiger partial charge on any atom is -0.383 e. The lowest BCUT2D eigenvalue weighted by atomic mass is 10.00. The number of hydrogen-bond acceptors (Lipinski definition) is 8. The van der Waals surface area contributed by atoms with Crippen molar-refractivity contribution in [3.8, 4) is 11.1 Å². The fraction of sp³-hybridized carbons (Fsp3) is 0.423. The number of likely N-dealkylation sites (N-methyl/N-ethyl adjacent to an activating group) is 1. The molecule has 10 nitrogen and oxygen atoms in total. The summed E-state index contributed by atoms with van der Waals surface area (Å²) in [6.45, 7) is 3.27. The molecular weight excluding hydrogens is 515 g/mol. The Labute approximate surface area is 220 Å². The minimum absolute atomic E-state index is 0.0921. The first-order valence-electron chi connectivity index (χ1n) is 12.1. The Balaban J connectivity index is 1.87. The van der Waals surface area contributed by atoms with Gasteiger partial charge in [0.1, 0.15) is 5.82 Å². The van der Waals surface area contributed by atoms with Gasteiger partial charge in [0.05, 0.1) is 23.8 Å². The van der Waals surface area contributed by atoms with Gasteiger partial charge in [0.25, 0.3) is 11.5 Å². The lowest BCUT2D eigenvalue weighted by Gasteiger charge is -2.28. The average molecular weight is 549 g/mol. The van der Waals surface area contributed by atoms with Crippen LogP contribution in [-0.4, -0.2) is 72.3 Å². The van der Waals surface area contributed by atoms with Gasteiger partial charge in [-0.1, -0.05) is 25.1 Å². The molecule has 0 fully saturated rings. The molecule has 0 spiro atoms. The first kappa shape index (κ1) is 29.4. The number of carbonyl (C=O) groups is 1. The Morgan fingerprint density at radius 3 is 2.61 bits per heavy atom. The van der Waals surface area contributed by atoms with Crippen molar-refractivity contribution in [3.63, 3.8) is 0 Å². The van der Waals surface area contributed by atoms with Crippen molar-refractivity contribution in [2.75, 3.05) is 33.6 Å². The summed E-state index contributed by atoms with van der Waals surface area (Å²) < 4.78 is 44.2. The molecule has 0 saturated heterocycles. The Kier molecular flexibility index (Phi) is 9.36. The predicted molar refractivity (Wildman–Crippen MR) is 142 cm³/mol. The van der Waals surface area contributed by atoms with Gasteiger partial charge in [-0.25, -0.2) is 23.3 Å². The average Bonchev–Trinajstić information content (AvgIpc) is 2.88. The highest BCUT2D eigenvalue weighted by Gasteiger charge is 2.46. The maximum atomic E-state index is 15.0. The number of methoxy groups -OCH3 is 1. The molecule has 12 heteroatoms.